The number of hydrogen-bond acceptors (Lipinski definition) is 8. The second-order valence-corrected chi connectivity index (χ2v) is 4.65. The summed E-state index contributed by atoms with van der Waals surface area (Å²) in [6.45, 7) is 9.60. The van der Waals surface area contributed by atoms with Crippen LogP contribution in [-0.4, -0.2) is 59.2 Å². The van der Waals surface area contributed by atoms with Gasteiger partial charge in [0.2, 0.25) is 11.9 Å². The normalized spacial score (nSPS) is 16.2. The second kappa shape index (κ2) is 7.20. The van der Waals surface area contributed by atoms with Gasteiger partial charge in [0, 0.05) is 26.2 Å². The van der Waals surface area contributed by atoms with Gasteiger partial charge in [-0.3, -0.25) is 10.3 Å². The third-order valence-corrected chi connectivity index (χ3v) is 3.20. The standard InChI is InChI=1S/C12H23N7O/c1-3-5-18-6-8-19(9-7-18)11-14-10(17-13)15-12(16-11)20-4-2/h3-9,13H2,1-2H3,(H,14,15,16,17). The lowest BCUT2D eigenvalue weighted by atomic mass is 10.3. The summed E-state index contributed by atoms with van der Waals surface area (Å²) in [6, 6.07) is 0.307. The van der Waals surface area contributed by atoms with Crippen LogP contribution in [0.3, 0.4) is 0 Å². The number of piperazine rings is 1. The Morgan fingerprint density at radius 1 is 1.15 bits per heavy atom. The summed E-state index contributed by atoms with van der Waals surface area (Å²) in [5.41, 5.74) is 2.46. The summed E-state index contributed by atoms with van der Waals surface area (Å²) in [6.07, 6.45) is 1.18. The quantitative estimate of drug-likeness (QED) is 0.560. The van der Waals surface area contributed by atoms with Gasteiger partial charge >= 0.3 is 6.01 Å². The van der Waals surface area contributed by atoms with E-state index in [2.05, 4.69) is 37.1 Å². The number of anilines is 2. The number of hydrogen-bond donors (Lipinski definition) is 2. The van der Waals surface area contributed by atoms with Crippen LogP contribution in [-0.2, 0) is 0 Å². The molecule has 0 amide bonds. The Balaban J connectivity index is 2.06. The molecule has 8 nitrogen and oxygen atoms in total. The molecule has 1 saturated heterocycles. The van der Waals surface area contributed by atoms with Crippen molar-refractivity contribution < 1.29 is 4.74 Å². The van der Waals surface area contributed by atoms with Crippen LogP contribution in [0.5, 0.6) is 6.01 Å². The fourth-order valence-corrected chi connectivity index (χ4v) is 2.23. The molecule has 0 spiro atoms. The van der Waals surface area contributed by atoms with E-state index in [1.54, 1.807) is 0 Å². The third-order valence-electron chi connectivity index (χ3n) is 3.20. The molecule has 2 heterocycles. The van der Waals surface area contributed by atoms with Crippen LogP contribution in [0, 0.1) is 0 Å². The van der Waals surface area contributed by atoms with Crippen molar-refractivity contribution in [3.05, 3.63) is 0 Å². The third kappa shape index (κ3) is 3.67. The average Bonchev–Trinajstić information content (AvgIpc) is 2.48. The van der Waals surface area contributed by atoms with Crippen molar-refractivity contribution in [3.8, 4) is 6.01 Å². The summed E-state index contributed by atoms with van der Waals surface area (Å²) in [7, 11) is 0. The van der Waals surface area contributed by atoms with Gasteiger partial charge in [0.15, 0.2) is 0 Å². The van der Waals surface area contributed by atoms with Gasteiger partial charge in [-0.25, -0.2) is 5.84 Å². The molecule has 3 N–H and O–H groups in total. The van der Waals surface area contributed by atoms with Crippen LogP contribution in [0.1, 0.15) is 20.3 Å². The molecule has 2 rings (SSSR count). The first-order valence-electron chi connectivity index (χ1n) is 7.09. The molecular weight excluding hydrogens is 258 g/mol. The van der Waals surface area contributed by atoms with E-state index in [-0.39, 0.29) is 0 Å². The molecule has 0 atom stereocenters. The van der Waals surface area contributed by atoms with Gasteiger partial charge in [-0.15, -0.1) is 0 Å². The van der Waals surface area contributed by atoms with Crippen LogP contribution >= 0.6 is 0 Å². The number of nitrogen functional groups attached to an aromatic ring is 1. The number of aromatic nitrogens is 3. The highest BCUT2D eigenvalue weighted by atomic mass is 16.5. The zero-order valence-corrected chi connectivity index (χ0v) is 12.2. The molecule has 8 heteroatoms. The van der Waals surface area contributed by atoms with E-state index in [9.17, 15) is 0 Å². The van der Waals surface area contributed by atoms with Crippen molar-refractivity contribution in [1.82, 2.24) is 19.9 Å². The van der Waals surface area contributed by atoms with Crippen LogP contribution < -0.4 is 20.9 Å². The maximum atomic E-state index is 5.39. The zero-order chi connectivity index (χ0) is 14.4. The lowest BCUT2D eigenvalue weighted by Gasteiger charge is -2.34. The number of hydrazine groups is 1. The first kappa shape index (κ1) is 14.7. The second-order valence-electron chi connectivity index (χ2n) is 4.65. The Labute approximate surface area is 119 Å². The Morgan fingerprint density at radius 3 is 2.50 bits per heavy atom. The van der Waals surface area contributed by atoms with Gasteiger partial charge in [0.05, 0.1) is 6.61 Å². The summed E-state index contributed by atoms with van der Waals surface area (Å²) in [4.78, 5) is 17.3. The maximum absolute atomic E-state index is 5.39. The van der Waals surface area contributed by atoms with E-state index >= 15 is 0 Å². The number of nitrogens with zero attached hydrogens (tertiary/aromatic N) is 5. The summed E-state index contributed by atoms with van der Waals surface area (Å²) < 4.78 is 5.34. The summed E-state index contributed by atoms with van der Waals surface area (Å²) >= 11 is 0. The van der Waals surface area contributed by atoms with Gasteiger partial charge in [-0.05, 0) is 19.9 Å². The Morgan fingerprint density at radius 2 is 1.90 bits per heavy atom. The molecule has 1 aromatic rings. The lowest BCUT2D eigenvalue weighted by Crippen LogP contribution is -2.47. The Hall–Kier alpha value is -1.67. The molecule has 112 valence electrons. The molecule has 0 unspecified atom stereocenters. The Bertz CT molecular complexity index is 420. The van der Waals surface area contributed by atoms with E-state index in [0.29, 0.717) is 24.5 Å². The molecule has 20 heavy (non-hydrogen) atoms. The first-order chi connectivity index (χ1) is 9.76. The monoisotopic (exact) mass is 281 g/mol. The smallest absolute Gasteiger partial charge is 0.323 e. The minimum atomic E-state index is 0.307. The maximum Gasteiger partial charge on any atom is 0.323 e. The molecule has 0 saturated carbocycles. The first-order valence-corrected chi connectivity index (χ1v) is 7.09. The zero-order valence-electron chi connectivity index (χ0n) is 12.2. The predicted octanol–water partition coefficient (Wildman–Crippen LogP) is 0.0879. The number of ether oxygens (including phenoxy) is 1. The summed E-state index contributed by atoms with van der Waals surface area (Å²) in [5, 5.41) is 0. The van der Waals surface area contributed by atoms with Gasteiger partial charge in [-0.1, -0.05) is 6.92 Å². The highest BCUT2D eigenvalue weighted by Gasteiger charge is 2.20. The molecule has 1 aliphatic rings. The fourth-order valence-electron chi connectivity index (χ4n) is 2.23. The van der Waals surface area contributed by atoms with Crippen molar-refractivity contribution in [3.63, 3.8) is 0 Å². The molecular formula is C12H23N7O. The SMILES string of the molecule is CCCN1CCN(c2nc(NN)nc(OCC)n2)CC1. The number of nitrogens with one attached hydrogen (secondary N) is 1. The molecule has 0 aromatic carbocycles. The van der Waals surface area contributed by atoms with Crippen molar-refractivity contribution in [2.24, 2.45) is 5.84 Å². The van der Waals surface area contributed by atoms with Gasteiger partial charge in [-0.2, -0.15) is 15.0 Å². The van der Waals surface area contributed by atoms with Crippen molar-refractivity contribution in [2.75, 3.05) is 49.7 Å². The molecule has 0 radical (unpaired) electrons. The van der Waals surface area contributed by atoms with Gasteiger partial charge < -0.3 is 9.64 Å². The van der Waals surface area contributed by atoms with Gasteiger partial charge in [0.1, 0.15) is 0 Å². The highest BCUT2D eigenvalue weighted by Crippen LogP contribution is 2.16. The minimum absolute atomic E-state index is 0.307. The van der Waals surface area contributed by atoms with Crippen molar-refractivity contribution in [1.29, 1.82) is 0 Å². The predicted molar refractivity (Wildman–Crippen MR) is 77.8 cm³/mol. The van der Waals surface area contributed by atoms with E-state index in [0.717, 1.165) is 32.7 Å². The van der Waals surface area contributed by atoms with Crippen LogP contribution in [0.4, 0.5) is 11.9 Å². The fraction of sp³-hybridized carbons (Fsp3) is 0.750. The van der Waals surface area contributed by atoms with Crippen LogP contribution in [0.2, 0.25) is 0 Å². The molecule has 1 fully saturated rings. The van der Waals surface area contributed by atoms with E-state index < -0.39 is 0 Å². The van der Waals surface area contributed by atoms with Gasteiger partial charge in [0.25, 0.3) is 0 Å². The molecule has 0 aliphatic carbocycles. The lowest BCUT2D eigenvalue weighted by molar-refractivity contribution is 0.256. The van der Waals surface area contributed by atoms with Crippen LogP contribution in [0.25, 0.3) is 0 Å². The number of nitrogens with two attached hydrogens (primary N) is 1. The number of rotatable bonds is 6. The van der Waals surface area contributed by atoms with E-state index in [1.807, 2.05) is 6.92 Å². The summed E-state index contributed by atoms with van der Waals surface area (Å²) in [5.74, 6) is 6.34. The van der Waals surface area contributed by atoms with Crippen molar-refractivity contribution in [2.45, 2.75) is 20.3 Å². The Kier molecular flexibility index (Phi) is 5.31. The van der Waals surface area contributed by atoms with E-state index in [1.165, 1.54) is 6.42 Å². The van der Waals surface area contributed by atoms with E-state index in [4.69, 9.17) is 10.6 Å². The molecule has 1 aliphatic heterocycles. The highest BCUT2D eigenvalue weighted by molar-refractivity contribution is 5.38. The topological polar surface area (TPSA) is 92.4 Å². The largest absolute Gasteiger partial charge is 0.464 e. The molecule has 0 bridgehead atoms. The average molecular weight is 281 g/mol. The molecule has 1 aromatic heterocycles. The van der Waals surface area contributed by atoms with Crippen LogP contribution in [0.15, 0.2) is 0 Å². The van der Waals surface area contributed by atoms with Crippen molar-refractivity contribution >= 4 is 11.9 Å². The minimum Gasteiger partial charge on any atom is -0.464 e.